The standard InChI is InChI=1S/C10H11N5O5S/c1-2-20-10-11-9(12-13-10)14-21(18,19)8-6-4-3-5-7(8)15(16)17/h3-6H,2H2,1H3,(H2,11,12,13,14). The minimum atomic E-state index is -4.17. The lowest BCUT2D eigenvalue weighted by molar-refractivity contribution is -0.387. The van der Waals surface area contributed by atoms with Crippen LogP contribution in [0.3, 0.4) is 0 Å². The number of hydrogen-bond acceptors (Lipinski definition) is 7. The highest BCUT2D eigenvalue weighted by molar-refractivity contribution is 7.92. The number of ether oxygens (including phenoxy) is 1. The number of nitrogens with one attached hydrogen (secondary N) is 2. The minimum Gasteiger partial charge on any atom is -0.463 e. The lowest BCUT2D eigenvalue weighted by Crippen LogP contribution is -2.15. The molecule has 11 heteroatoms. The maximum Gasteiger partial charge on any atom is 0.337 e. The summed E-state index contributed by atoms with van der Waals surface area (Å²) in [6.45, 7) is 2.03. The predicted octanol–water partition coefficient (Wildman–Crippen LogP) is 0.912. The molecule has 112 valence electrons. The van der Waals surface area contributed by atoms with Gasteiger partial charge in [-0.15, -0.1) is 5.10 Å². The Morgan fingerprint density at radius 1 is 1.43 bits per heavy atom. The van der Waals surface area contributed by atoms with Crippen molar-refractivity contribution < 1.29 is 18.1 Å². The van der Waals surface area contributed by atoms with E-state index in [1.165, 1.54) is 12.1 Å². The largest absolute Gasteiger partial charge is 0.463 e. The molecular weight excluding hydrogens is 302 g/mol. The summed E-state index contributed by atoms with van der Waals surface area (Å²) in [7, 11) is -4.17. The topological polar surface area (TPSA) is 140 Å². The quantitative estimate of drug-likeness (QED) is 0.596. The molecule has 2 rings (SSSR count). The van der Waals surface area contributed by atoms with Crippen LogP contribution in [0, 0.1) is 10.1 Å². The number of aromatic amines is 1. The second-order valence-corrected chi connectivity index (χ2v) is 5.38. The van der Waals surface area contributed by atoms with E-state index in [0.717, 1.165) is 12.1 Å². The Balaban J connectivity index is 2.32. The monoisotopic (exact) mass is 313 g/mol. The molecular formula is C10H11N5O5S. The zero-order chi connectivity index (χ0) is 15.5. The van der Waals surface area contributed by atoms with Gasteiger partial charge in [-0.3, -0.25) is 10.1 Å². The zero-order valence-electron chi connectivity index (χ0n) is 10.8. The van der Waals surface area contributed by atoms with Gasteiger partial charge in [0.05, 0.1) is 11.5 Å². The molecule has 0 atom stereocenters. The van der Waals surface area contributed by atoms with Crippen LogP contribution in [0.5, 0.6) is 6.01 Å². The molecule has 21 heavy (non-hydrogen) atoms. The van der Waals surface area contributed by atoms with Crippen molar-refractivity contribution in [2.24, 2.45) is 0 Å². The van der Waals surface area contributed by atoms with E-state index in [1.54, 1.807) is 6.92 Å². The van der Waals surface area contributed by atoms with E-state index in [-0.39, 0.29) is 12.0 Å². The number of aromatic nitrogens is 3. The fraction of sp³-hybridized carbons (Fsp3) is 0.200. The number of rotatable bonds is 6. The summed E-state index contributed by atoms with van der Waals surface area (Å²) in [6.07, 6.45) is 0. The number of benzene rings is 1. The molecule has 0 aliphatic carbocycles. The molecule has 0 saturated carbocycles. The summed E-state index contributed by atoms with van der Waals surface area (Å²) in [5.41, 5.74) is -0.533. The number of H-pyrrole nitrogens is 1. The second-order valence-electron chi connectivity index (χ2n) is 3.73. The summed E-state index contributed by atoms with van der Waals surface area (Å²) in [5.74, 6) is -0.198. The third-order valence-electron chi connectivity index (χ3n) is 2.32. The molecule has 0 aliphatic rings. The zero-order valence-corrected chi connectivity index (χ0v) is 11.6. The number of hydrogen-bond donors (Lipinski definition) is 2. The van der Waals surface area contributed by atoms with Crippen molar-refractivity contribution in [1.29, 1.82) is 0 Å². The molecule has 2 aromatic rings. The van der Waals surface area contributed by atoms with Crippen molar-refractivity contribution in [3.8, 4) is 6.01 Å². The Kier molecular flexibility index (Phi) is 4.03. The molecule has 0 unspecified atom stereocenters. The smallest absolute Gasteiger partial charge is 0.337 e. The average molecular weight is 313 g/mol. The van der Waals surface area contributed by atoms with Gasteiger partial charge in [-0.25, -0.2) is 18.2 Å². The molecule has 0 spiro atoms. The van der Waals surface area contributed by atoms with Crippen LogP contribution < -0.4 is 9.46 Å². The molecule has 0 aliphatic heterocycles. The van der Waals surface area contributed by atoms with Crippen LogP contribution in [0.4, 0.5) is 11.6 Å². The van der Waals surface area contributed by atoms with Crippen molar-refractivity contribution in [1.82, 2.24) is 15.2 Å². The minimum absolute atomic E-state index is 0.0299. The van der Waals surface area contributed by atoms with Crippen molar-refractivity contribution in [3.63, 3.8) is 0 Å². The number of nitro benzene ring substituents is 1. The Labute approximate surface area is 119 Å². The highest BCUT2D eigenvalue weighted by atomic mass is 32.2. The van der Waals surface area contributed by atoms with Crippen molar-refractivity contribution in [2.75, 3.05) is 11.3 Å². The number of nitro groups is 1. The number of para-hydroxylation sites is 1. The molecule has 0 amide bonds. The summed E-state index contributed by atoms with van der Waals surface area (Å²) in [5, 5.41) is 16.8. The molecule has 0 fully saturated rings. The van der Waals surface area contributed by atoms with E-state index < -0.39 is 25.5 Å². The van der Waals surface area contributed by atoms with Crippen LogP contribution in [-0.4, -0.2) is 35.1 Å². The van der Waals surface area contributed by atoms with Crippen molar-refractivity contribution in [2.45, 2.75) is 11.8 Å². The Morgan fingerprint density at radius 3 is 2.81 bits per heavy atom. The summed E-state index contributed by atoms with van der Waals surface area (Å²) in [6, 6.07) is 4.95. The molecule has 1 aromatic carbocycles. The lowest BCUT2D eigenvalue weighted by Gasteiger charge is -2.05. The maximum absolute atomic E-state index is 12.1. The Hall–Kier alpha value is -2.69. The van der Waals surface area contributed by atoms with E-state index in [9.17, 15) is 18.5 Å². The fourth-order valence-corrected chi connectivity index (χ4v) is 2.63. The van der Waals surface area contributed by atoms with Crippen LogP contribution in [0.15, 0.2) is 29.2 Å². The Morgan fingerprint density at radius 2 is 2.14 bits per heavy atom. The normalized spacial score (nSPS) is 11.1. The van der Waals surface area contributed by atoms with Gasteiger partial charge in [0, 0.05) is 6.07 Å². The first-order chi connectivity index (χ1) is 9.94. The van der Waals surface area contributed by atoms with Crippen molar-refractivity contribution in [3.05, 3.63) is 34.4 Å². The predicted molar refractivity (Wildman–Crippen MR) is 71.5 cm³/mol. The molecule has 1 heterocycles. The van der Waals surface area contributed by atoms with Crippen LogP contribution in [-0.2, 0) is 10.0 Å². The highest BCUT2D eigenvalue weighted by Crippen LogP contribution is 2.24. The molecule has 0 saturated heterocycles. The number of sulfonamides is 1. The second kappa shape index (κ2) is 5.75. The van der Waals surface area contributed by atoms with Gasteiger partial charge in [-0.2, -0.15) is 4.98 Å². The first kappa shape index (κ1) is 14.7. The van der Waals surface area contributed by atoms with Crippen LogP contribution in [0.25, 0.3) is 0 Å². The van der Waals surface area contributed by atoms with Gasteiger partial charge in [0.15, 0.2) is 4.90 Å². The van der Waals surface area contributed by atoms with Gasteiger partial charge in [0.2, 0.25) is 5.95 Å². The average Bonchev–Trinajstić information content (AvgIpc) is 2.86. The van der Waals surface area contributed by atoms with Gasteiger partial charge >= 0.3 is 6.01 Å². The van der Waals surface area contributed by atoms with Crippen molar-refractivity contribution >= 4 is 21.7 Å². The fourth-order valence-electron chi connectivity index (χ4n) is 1.50. The number of anilines is 1. The SMILES string of the molecule is CCOc1n[nH]c(NS(=O)(=O)c2ccccc2[N+](=O)[O-])n1. The number of nitrogens with zero attached hydrogens (tertiary/aromatic N) is 3. The third kappa shape index (κ3) is 3.25. The van der Waals surface area contributed by atoms with E-state index in [0.29, 0.717) is 6.61 Å². The molecule has 10 nitrogen and oxygen atoms in total. The van der Waals surface area contributed by atoms with Gasteiger partial charge in [0.1, 0.15) is 0 Å². The van der Waals surface area contributed by atoms with Gasteiger partial charge in [-0.05, 0) is 13.0 Å². The Bertz CT molecular complexity index is 757. The van der Waals surface area contributed by atoms with Crippen LogP contribution >= 0.6 is 0 Å². The molecule has 0 radical (unpaired) electrons. The van der Waals surface area contributed by atoms with Gasteiger partial charge in [0.25, 0.3) is 15.7 Å². The first-order valence-electron chi connectivity index (χ1n) is 5.75. The maximum atomic E-state index is 12.1. The van der Waals surface area contributed by atoms with Crippen LogP contribution in [0.2, 0.25) is 0 Å². The van der Waals surface area contributed by atoms with E-state index >= 15 is 0 Å². The summed E-state index contributed by atoms with van der Waals surface area (Å²) in [4.78, 5) is 13.4. The lowest BCUT2D eigenvalue weighted by atomic mass is 10.3. The highest BCUT2D eigenvalue weighted by Gasteiger charge is 2.26. The summed E-state index contributed by atoms with van der Waals surface area (Å²) >= 11 is 0. The molecule has 1 aromatic heterocycles. The van der Waals surface area contributed by atoms with E-state index in [2.05, 4.69) is 19.9 Å². The van der Waals surface area contributed by atoms with Gasteiger partial charge in [-0.1, -0.05) is 12.1 Å². The van der Waals surface area contributed by atoms with E-state index in [1.807, 2.05) is 0 Å². The molecule has 0 bridgehead atoms. The summed E-state index contributed by atoms with van der Waals surface area (Å²) < 4.78 is 31.3. The molecule has 2 N–H and O–H groups in total. The first-order valence-corrected chi connectivity index (χ1v) is 7.24. The van der Waals surface area contributed by atoms with E-state index in [4.69, 9.17) is 4.74 Å². The third-order valence-corrected chi connectivity index (χ3v) is 3.71. The van der Waals surface area contributed by atoms with Crippen LogP contribution in [0.1, 0.15) is 6.92 Å². The van der Waals surface area contributed by atoms with Gasteiger partial charge < -0.3 is 4.74 Å².